The number of hydrogen-bond acceptors (Lipinski definition) is 30. The van der Waals surface area contributed by atoms with E-state index in [-0.39, 0.29) is 113 Å². The molecule has 3 atom stereocenters. The van der Waals surface area contributed by atoms with Gasteiger partial charge in [-0.25, -0.2) is 0 Å². The lowest BCUT2D eigenvalue weighted by molar-refractivity contribution is -0.124. The Kier molecular flexibility index (Phi) is 71.1. The Morgan fingerprint density at radius 3 is 0.553 bits per heavy atom. The first kappa shape index (κ1) is 126. The molecule has 0 heterocycles. The standard InChI is InChI=1S/C114H156N6O30/c1-127-40-46-133-52-58-139-64-70-145-85-100(86-146-71-65-140-59-53-134-47-41-128-2)82-115-112(124)106(79-94-16-10-7-11-17-94)118-109(121)103-34-28-91(29-35-103)22-25-97-76-98(26-23-92-30-36-104(37-31-92)110(122)119-107(80-95-18-12-8-13-19-95)113(125)116-83-101(87-147-72-66-141-60-54-135-48-42-129-3)88-148-73-67-142-61-55-136-49-43-130-4)78-99(77-97)27-24-93-32-38-105(39-33-93)111(123)120-108(81-96-20-14-9-15-21-96)114(126)117-84-102(89-149-74-68-143-62-56-137-50-44-131-5)90-150-75-69-144-63-57-138-51-45-132-6/h7-21,28-39,76-78,100-102,106-108H,40-75,79-90H2,1-6H3,(H,115,124)(H,116,125)(H,117,126)(H,118,121)(H,119,122)(H,120,123)/t106-,107-,108-/m0/s1. The highest BCUT2D eigenvalue weighted by molar-refractivity contribution is 5.99. The second-order valence-electron chi connectivity index (χ2n) is 34.0. The minimum absolute atomic E-state index is 0.171. The summed E-state index contributed by atoms with van der Waals surface area (Å²) in [6.45, 7) is 16.3. The van der Waals surface area contributed by atoms with Crippen LogP contribution >= 0.6 is 0 Å². The summed E-state index contributed by atoms with van der Waals surface area (Å²) in [5.41, 5.74) is 6.65. The number of methoxy groups -OCH3 is 6. The van der Waals surface area contributed by atoms with Gasteiger partial charge in [0.2, 0.25) is 17.7 Å². The van der Waals surface area contributed by atoms with E-state index in [1.54, 1.807) is 115 Å². The zero-order chi connectivity index (χ0) is 106. The van der Waals surface area contributed by atoms with Crippen LogP contribution in [0, 0.1) is 53.3 Å². The van der Waals surface area contributed by atoms with Crippen molar-refractivity contribution < 1.29 is 142 Å². The van der Waals surface area contributed by atoms with E-state index in [0.717, 1.165) is 16.7 Å². The molecule has 36 heteroatoms. The molecule has 0 radical (unpaired) electrons. The van der Waals surface area contributed by atoms with Crippen molar-refractivity contribution in [2.75, 3.05) is 340 Å². The van der Waals surface area contributed by atoms with Gasteiger partial charge in [-0.3, -0.25) is 28.8 Å². The van der Waals surface area contributed by atoms with Gasteiger partial charge in [0, 0.05) is 149 Å². The van der Waals surface area contributed by atoms with E-state index in [9.17, 15) is 28.8 Å². The van der Waals surface area contributed by atoms with Crippen LogP contribution in [-0.4, -0.2) is 393 Å². The summed E-state index contributed by atoms with van der Waals surface area (Å²) in [6.07, 6.45) is 0.575. The van der Waals surface area contributed by atoms with Crippen LogP contribution in [0.3, 0.4) is 0 Å². The van der Waals surface area contributed by atoms with E-state index >= 15 is 0 Å². The molecule has 0 fully saturated rings. The molecule has 0 unspecified atom stereocenters. The van der Waals surface area contributed by atoms with Crippen molar-refractivity contribution in [3.05, 3.63) is 249 Å². The van der Waals surface area contributed by atoms with Gasteiger partial charge in [0.1, 0.15) is 18.1 Å². The molecule has 7 aromatic rings. The third-order valence-corrected chi connectivity index (χ3v) is 22.0. The first-order valence-electron chi connectivity index (χ1n) is 51.0. The summed E-state index contributed by atoms with van der Waals surface area (Å²) in [6, 6.07) is 50.9. The van der Waals surface area contributed by atoms with E-state index in [0.29, 0.717) is 271 Å². The number of hydrogen-bond donors (Lipinski definition) is 6. The summed E-state index contributed by atoms with van der Waals surface area (Å²) in [5.74, 6) is 16.1. The monoisotopic (exact) mass is 2090 g/mol. The molecular formula is C114H156N6O30. The maximum absolute atomic E-state index is 14.4. The van der Waals surface area contributed by atoms with Crippen molar-refractivity contribution in [3.8, 4) is 35.5 Å². The Labute approximate surface area is 884 Å². The molecule has 0 bridgehead atoms. The molecule has 822 valence electrons. The zero-order valence-electron chi connectivity index (χ0n) is 88.0. The number of rotatable bonds is 87. The second-order valence-corrected chi connectivity index (χ2v) is 34.0. The molecule has 6 amide bonds. The van der Waals surface area contributed by atoms with Crippen LogP contribution in [0.5, 0.6) is 0 Å². The van der Waals surface area contributed by atoms with Crippen molar-refractivity contribution in [1.82, 2.24) is 31.9 Å². The highest BCUT2D eigenvalue weighted by atomic mass is 16.6. The fourth-order valence-corrected chi connectivity index (χ4v) is 13.9. The Bertz CT molecular complexity index is 4340. The lowest BCUT2D eigenvalue weighted by Crippen LogP contribution is -2.49. The number of benzene rings is 7. The van der Waals surface area contributed by atoms with Gasteiger partial charge in [-0.15, -0.1) is 0 Å². The number of carbonyl (C=O) groups is 6. The average Bonchev–Trinajstić information content (AvgIpc) is 0.837. The van der Waals surface area contributed by atoms with Crippen LogP contribution in [0.4, 0.5) is 0 Å². The maximum atomic E-state index is 14.4. The number of ether oxygens (including phenoxy) is 24. The van der Waals surface area contributed by atoms with Crippen LogP contribution in [-0.2, 0) is 147 Å². The number of carbonyl (C=O) groups excluding carboxylic acids is 6. The first-order valence-corrected chi connectivity index (χ1v) is 51.0. The topological polar surface area (TPSA) is 396 Å². The molecule has 6 N–H and O–H groups in total. The second kappa shape index (κ2) is 84.6. The quantitative estimate of drug-likeness (QED) is 0.0161. The highest BCUT2D eigenvalue weighted by Gasteiger charge is 2.28. The van der Waals surface area contributed by atoms with Crippen LogP contribution in [0.2, 0.25) is 0 Å². The van der Waals surface area contributed by atoms with Gasteiger partial charge in [-0.2, -0.15) is 0 Å². The van der Waals surface area contributed by atoms with Gasteiger partial charge >= 0.3 is 0 Å². The molecule has 7 aromatic carbocycles. The molecule has 0 aliphatic rings. The smallest absolute Gasteiger partial charge is 0.251 e. The van der Waals surface area contributed by atoms with E-state index in [4.69, 9.17) is 114 Å². The Morgan fingerprint density at radius 1 is 0.207 bits per heavy atom. The van der Waals surface area contributed by atoms with Crippen LogP contribution < -0.4 is 31.9 Å². The van der Waals surface area contributed by atoms with Gasteiger partial charge < -0.3 is 146 Å². The predicted molar refractivity (Wildman–Crippen MR) is 563 cm³/mol. The Morgan fingerprint density at radius 2 is 0.373 bits per heavy atom. The third-order valence-electron chi connectivity index (χ3n) is 22.0. The van der Waals surface area contributed by atoms with Gasteiger partial charge in [0.15, 0.2) is 0 Å². The fraction of sp³-hybridized carbons (Fsp3) is 0.526. The van der Waals surface area contributed by atoms with Crippen LogP contribution in [0.15, 0.2) is 182 Å². The normalized spacial score (nSPS) is 11.8. The molecule has 0 aliphatic heterocycles. The summed E-state index contributed by atoms with van der Waals surface area (Å²) in [7, 11) is 9.68. The van der Waals surface area contributed by atoms with E-state index in [2.05, 4.69) is 67.4 Å². The van der Waals surface area contributed by atoms with E-state index < -0.39 is 53.6 Å². The lowest BCUT2D eigenvalue weighted by atomic mass is 10.0. The number of nitrogens with one attached hydrogen (secondary N) is 6. The van der Waals surface area contributed by atoms with Gasteiger partial charge in [0.25, 0.3) is 17.7 Å². The zero-order valence-corrected chi connectivity index (χ0v) is 88.0. The van der Waals surface area contributed by atoms with Crippen molar-refractivity contribution in [3.63, 3.8) is 0 Å². The molecule has 7 rings (SSSR count). The van der Waals surface area contributed by atoms with Crippen molar-refractivity contribution in [2.24, 2.45) is 17.8 Å². The first-order chi connectivity index (χ1) is 73.8. The van der Waals surface area contributed by atoms with Crippen molar-refractivity contribution in [1.29, 1.82) is 0 Å². The largest absolute Gasteiger partial charge is 0.382 e. The molecule has 36 nitrogen and oxygen atoms in total. The summed E-state index contributed by atoms with van der Waals surface area (Å²) < 4.78 is 134. The molecular weight excluding hydrogens is 1930 g/mol. The molecule has 150 heavy (non-hydrogen) atoms. The minimum Gasteiger partial charge on any atom is -0.382 e. The fourth-order valence-electron chi connectivity index (χ4n) is 13.9. The highest BCUT2D eigenvalue weighted by Crippen LogP contribution is 2.17. The molecule has 0 saturated heterocycles. The van der Waals surface area contributed by atoms with Gasteiger partial charge in [-0.1, -0.05) is 127 Å². The molecule has 0 aromatic heterocycles. The van der Waals surface area contributed by atoms with Gasteiger partial charge in [-0.05, 0) is 108 Å². The summed E-state index contributed by atoms with van der Waals surface area (Å²) >= 11 is 0. The SMILES string of the molecule is COCCOCCOCCOCC(CNC(=O)[C@H](Cc1ccccc1)NC(=O)c1ccc(C#Cc2cc(C#Cc3ccc(C(=O)N[C@@H](Cc4ccccc4)C(=O)NCC(COCCOCCOCCOC)COCCOCCOCCOC)cc3)cc(C#Cc3ccc(C(=O)N[C@@H](Cc4ccccc4)C(=O)NCC(COCCOCCOCCOC)COCCOCCOCCOC)cc3)c2)cc1)COCCOCCOCCOC. The van der Waals surface area contributed by atoms with Crippen LogP contribution in [0.25, 0.3) is 0 Å². The van der Waals surface area contributed by atoms with Crippen molar-refractivity contribution >= 4 is 35.4 Å². The van der Waals surface area contributed by atoms with Crippen LogP contribution in [0.1, 0.15) is 81.1 Å². The molecule has 0 aliphatic carbocycles. The third kappa shape index (κ3) is 60.4. The minimum atomic E-state index is -0.986. The Balaban J connectivity index is 1.10. The summed E-state index contributed by atoms with van der Waals surface area (Å²) in [5, 5.41) is 18.2. The molecule has 0 spiro atoms. The molecule has 0 saturated carbocycles. The van der Waals surface area contributed by atoms with E-state index in [1.807, 2.05) is 109 Å². The summed E-state index contributed by atoms with van der Waals surface area (Å²) in [4.78, 5) is 86.1. The van der Waals surface area contributed by atoms with E-state index in [1.165, 1.54) is 0 Å². The maximum Gasteiger partial charge on any atom is 0.251 e. The predicted octanol–water partition coefficient (Wildman–Crippen LogP) is 7.28. The lowest BCUT2D eigenvalue weighted by Gasteiger charge is -2.22. The number of amides is 6. The van der Waals surface area contributed by atoms with Crippen molar-refractivity contribution in [2.45, 2.75) is 37.4 Å². The Hall–Kier alpha value is -10.9. The van der Waals surface area contributed by atoms with Gasteiger partial charge in [0.05, 0.1) is 277 Å². The average molecular weight is 2090 g/mol.